The highest BCUT2D eigenvalue weighted by atomic mass is 16.6. The van der Waals surface area contributed by atoms with Gasteiger partial charge in [-0.3, -0.25) is 4.79 Å². The van der Waals surface area contributed by atoms with E-state index in [0.29, 0.717) is 19.6 Å². The molecule has 0 fully saturated rings. The van der Waals surface area contributed by atoms with Crippen LogP contribution in [0.15, 0.2) is 36.5 Å². The molecule has 0 aromatic carbocycles. The van der Waals surface area contributed by atoms with Crippen molar-refractivity contribution < 1.29 is 19.4 Å². The number of carbonyl (C=O) groups is 1. The zero-order valence-electron chi connectivity index (χ0n) is 34.4. The molecular weight excluding hydrogens is 629 g/mol. The van der Waals surface area contributed by atoms with Crippen molar-refractivity contribution in [1.82, 2.24) is 0 Å². The summed E-state index contributed by atoms with van der Waals surface area (Å²) in [7, 11) is 0. The van der Waals surface area contributed by atoms with Gasteiger partial charge in [-0.05, 0) is 51.4 Å². The summed E-state index contributed by atoms with van der Waals surface area (Å²) in [6.45, 7) is 5.35. The van der Waals surface area contributed by atoms with Crippen LogP contribution in [-0.4, -0.2) is 37.0 Å². The molecule has 51 heavy (non-hydrogen) atoms. The highest BCUT2D eigenvalue weighted by Crippen LogP contribution is 2.15. The lowest BCUT2D eigenvalue weighted by molar-refractivity contribution is -0.154. The Morgan fingerprint density at radius 3 is 1.24 bits per heavy atom. The quantitative estimate of drug-likeness (QED) is 0.0388. The fraction of sp³-hybridized carbons (Fsp3) is 0.851. The number of unbranched alkanes of at least 4 members (excludes halogenated alkanes) is 28. The van der Waals surface area contributed by atoms with Crippen molar-refractivity contribution in [3.05, 3.63) is 36.5 Å². The van der Waals surface area contributed by atoms with Gasteiger partial charge in [-0.1, -0.05) is 211 Å². The van der Waals surface area contributed by atoms with E-state index in [1.54, 1.807) is 0 Å². The first-order valence-corrected chi connectivity index (χ1v) is 22.6. The Morgan fingerprint density at radius 1 is 0.471 bits per heavy atom. The van der Waals surface area contributed by atoms with Gasteiger partial charge in [0.25, 0.3) is 0 Å². The number of ether oxygens (including phenoxy) is 2. The fourth-order valence-corrected chi connectivity index (χ4v) is 6.57. The van der Waals surface area contributed by atoms with E-state index >= 15 is 0 Å². The molecule has 0 aliphatic rings. The number of esters is 1. The van der Waals surface area contributed by atoms with E-state index in [4.69, 9.17) is 9.47 Å². The summed E-state index contributed by atoms with van der Waals surface area (Å²) < 4.78 is 11.2. The number of hydrogen-bond acceptors (Lipinski definition) is 4. The van der Waals surface area contributed by atoms with Crippen LogP contribution in [0.3, 0.4) is 0 Å². The summed E-state index contributed by atoms with van der Waals surface area (Å²) in [5, 5.41) is 9.60. The summed E-state index contributed by atoms with van der Waals surface area (Å²) in [6.07, 6.45) is 56.4. The van der Waals surface area contributed by atoms with E-state index in [2.05, 4.69) is 50.3 Å². The molecule has 0 aliphatic heterocycles. The second-order valence-corrected chi connectivity index (χ2v) is 15.1. The van der Waals surface area contributed by atoms with Gasteiger partial charge in [0.05, 0.1) is 13.2 Å². The zero-order chi connectivity index (χ0) is 37.0. The zero-order valence-corrected chi connectivity index (χ0v) is 34.4. The van der Waals surface area contributed by atoms with Crippen LogP contribution in [0.4, 0.5) is 0 Å². The highest BCUT2D eigenvalue weighted by molar-refractivity contribution is 5.69. The standard InChI is InChI=1S/C47H88O4/c1-3-5-7-9-11-13-15-17-18-19-20-21-22-23-24-25-26-27-28-29-31-33-35-37-39-41-43-50-45-46(44-48)51-47(49)42-40-38-36-34-32-30-16-14-12-10-8-6-4-2/h15,17,19-20,22-23,46,48H,3-14,16,18,21,24-45H2,1-2H3/b17-15-,20-19-,23-22-. The number of aliphatic hydroxyl groups excluding tert-OH is 1. The van der Waals surface area contributed by atoms with Crippen molar-refractivity contribution in [2.45, 2.75) is 238 Å². The maximum absolute atomic E-state index is 12.2. The predicted octanol–water partition coefficient (Wildman–Crippen LogP) is 14.9. The van der Waals surface area contributed by atoms with Crippen molar-refractivity contribution in [3.8, 4) is 0 Å². The Labute approximate surface area is 319 Å². The average molecular weight is 717 g/mol. The van der Waals surface area contributed by atoms with Gasteiger partial charge in [-0.15, -0.1) is 0 Å². The molecule has 1 atom stereocenters. The van der Waals surface area contributed by atoms with Crippen LogP contribution < -0.4 is 0 Å². The topological polar surface area (TPSA) is 55.8 Å². The van der Waals surface area contributed by atoms with Crippen molar-refractivity contribution in [2.75, 3.05) is 19.8 Å². The molecule has 0 amide bonds. The Kier molecular flexibility index (Phi) is 43.5. The molecule has 0 saturated heterocycles. The maximum Gasteiger partial charge on any atom is 0.306 e. The van der Waals surface area contributed by atoms with E-state index in [1.807, 2.05) is 0 Å². The Hall–Kier alpha value is -1.39. The number of carbonyl (C=O) groups excluding carboxylic acids is 1. The lowest BCUT2D eigenvalue weighted by Crippen LogP contribution is -2.27. The van der Waals surface area contributed by atoms with Crippen LogP contribution in [0.5, 0.6) is 0 Å². The first-order chi connectivity index (χ1) is 25.2. The molecule has 0 rings (SSSR count). The third-order valence-corrected chi connectivity index (χ3v) is 9.97. The Balaban J connectivity index is 3.40. The average Bonchev–Trinajstić information content (AvgIpc) is 3.14. The largest absolute Gasteiger partial charge is 0.457 e. The number of hydrogen-bond donors (Lipinski definition) is 1. The summed E-state index contributed by atoms with van der Waals surface area (Å²) >= 11 is 0. The molecule has 1 N–H and O–H groups in total. The van der Waals surface area contributed by atoms with Crippen LogP contribution in [0.1, 0.15) is 232 Å². The molecule has 300 valence electrons. The minimum absolute atomic E-state index is 0.170. The summed E-state index contributed by atoms with van der Waals surface area (Å²) in [5.41, 5.74) is 0. The number of rotatable bonds is 42. The summed E-state index contributed by atoms with van der Waals surface area (Å²) in [6, 6.07) is 0. The van der Waals surface area contributed by atoms with Crippen molar-refractivity contribution in [3.63, 3.8) is 0 Å². The van der Waals surface area contributed by atoms with Crippen LogP contribution >= 0.6 is 0 Å². The number of allylic oxidation sites excluding steroid dienone is 6. The smallest absolute Gasteiger partial charge is 0.306 e. The monoisotopic (exact) mass is 717 g/mol. The van der Waals surface area contributed by atoms with Crippen molar-refractivity contribution in [1.29, 1.82) is 0 Å². The highest BCUT2D eigenvalue weighted by Gasteiger charge is 2.13. The SMILES string of the molecule is CCCCCCC/C=C\C/C=C\C/C=C\CCCCCCCCCCCCCOCC(CO)OC(=O)CCCCCCCCCCCCCCC. The Bertz CT molecular complexity index is 757. The lowest BCUT2D eigenvalue weighted by atomic mass is 10.0. The molecule has 0 saturated carbocycles. The van der Waals surface area contributed by atoms with Crippen LogP contribution in [0, 0.1) is 0 Å². The van der Waals surface area contributed by atoms with Crippen molar-refractivity contribution in [2.24, 2.45) is 0 Å². The number of aliphatic hydroxyl groups is 1. The molecule has 1 unspecified atom stereocenters. The van der Waals surface area contributed by atoms with Gasteiger partial charge in [-0.25, -0.2) is 0 Å². The normalized spacial score (nSPS) is 12.6. The molecule has 0 radical (unpaired) electrons. The Morgan fingerprint density at radius 2 is 0.824 bits per heavy atom. The first kappa shape index (κ1) is 49.6. The van der Waals surface area contributed by atoms with Gasteiger partial charge in [-0.2, -0.15) is 0 Å². The molecule has 4 heteroatoms. The van der Waals surface area contributed by atoms with Gasteiger partial charge in [0, 0.05) is 13.0 Å². The summed E-state index contributed by atoms with van der Waals surface area (Å²) in [5.74, 6) is -0.200. The van der Waals surface area contributed by atoms with Crippen molar-refractivity contribution >= 4 is 5.97 Å². The molecule has 0 aromatic heterocycles. The molecule has 0 spiro atoms. The molecule has 0 aliphatic carbocycles. The third kappa shape index (κ3) is 42.9. The maximum atomic E-state index is 12.2. The van der Waals surface area contributed by atoms with Crippen LogP contribution in [-0.2, 0) is 14.3 Å². The van der Waals surface area contributed by atoms with Gasteiger partial charge < -0.3 is 14.6 Å². The molecular formula is C47H88O4. The second-order valence-electron chi connectivity index (χ2n) is 15.1. The second kappa shape index (κ2) is 44.8. The van der Waals surface area contributed by atoms with Crippen LogP contribution in [0.25, 0.3) is 0 Å². The molecule has 0 heterocycles. The molecule has 0 aromatic rings. The van der Waals surface area contributed by atoms with Gasteiger partial charge >= 0.3 is 5.97 Å². The third-order valence-electron chi connectivity index (χ3n) is 9.97. The van der Waals surface area contributed by atoms with E-state index in [-0.39, 0.29) is 12.6 Å². The molecule has 4 nitrogen and oxygen atoms in total. The van der Waals surface area contributed by atoms with Gasteiger partial charge in [0.2, 0.25) is 0 Å². The fourth-order valence-electron chi connectivity index (χ4n) is 6.57. The van der Waals surface area contributed by atoms with E-state index < -0.39 is 6.10 Å². The van der Waals surface area contributed by atoms with E-state index in [9.17, 15) is 9.90 Å². The minimum Gasteiger partial charge on any atom is -0.457 e. The van der Waals surface area contributed by atoms with E-state index in [1.165, 1.54) is 180 Å². The lowest BCUT2D eigenvalue weighted by Gasteiger charge is -2.16. The van der Waals surface area contributed by atoms with Gasteiger partial charge in [0.15, 0.2) is 0 Å². The van der Waals surface area contributed by atoms with Crippen LogP contribution in [0.2, 0.25) is 0 Å². The van der Waals surface area contributed by atoms with E-state index in [0.717, 1.165) is 32.1 Å². The minimum atomic E-state index is -0.532. The summed E-state index contributed by atoms with van der Waals surface area (Å²) in [4.78, 5) is 12.2. The first-order valence-electron chi connectivity index (χ1n) is 22.6. The molecule has 0 bridgehead atoms. The van der Waals surface area contributed by atoms with Gasteiger partial charge in [0.1, 0.15) is 6.10 Å². The predicted molar refractivity (Wildman–Crippen MR) is 224 cm³/mol.